The van der Waals surface area contributed by atoms with Crippen molar-refractivity contribution in [3.05, 3.63) is 28.2 Å². The molecule has 0 unspecified atom stereocenters. The highest BCUT2D eigenvalue weighted by atomic mass is 79.9. The molecule has 0 saturated carbocycles. The van der Waals surface area contributed by atoms with E-state index < -0.39 is 0 Å². The Morgan fingerprint density at radius 3 is 2.93 bits per heavy atom. The van der Waals surface area contributed by atoms with E-state index in [-0.39, 0.29) is 0 Å². The molecule has 1 heterocycles. The monoisotopic (exact) mass is 306 g/mol. The Balaban J connectivity index is 2.74. The lowest BCUT2D eigenvalue weighted by molar-refractivity contribution is 1.45. The average Bonchev–Trinajstić information content (AvgIpc) is 2.63. The molecule has 14 heavy (non-hydrogen) atoms. The van der Waals surface area contributed by atoms with Gasteiger partial charge in [0.05, 0.1) is 4.21 Å². The minimum absolute atomic E-state index is 0.578. The SMILES string of the molecule is CSc1cc2c(CCl)ccc(Br)c2s1. The predicted molar refractivity (Wildman–Crippen MR) is 70.9 cm³/mol. The van der Waals surface area contributed by atoms with Gasteiger partial charge in [-0.3, -0.25) is 0 Å². The molecule has 1 aromatic heterocycles. The lowest BCUT2D eigenvalue weighted by Gasteiger charge is -1.98. The summed E-state index contributed by atoms with van der Waals surface area (Å²) in [4.78, 5) is 0. The predicted octanol–water partition coefficient (Wildman–Crippen LogP) is 5.12. The third kappa shape index (κ3) is 1.83. The Hall–Kier alpha value is 0.300. The van der Waals surface area contributed by atoms with Crippen molar-refractivity contribution in [3.8, 4) is 0 Å². The van der Waals surface area contributed by atoms with Gasteiger partial charge in [0, 0.05) is 15.1 Å². The number of hydrogen-bond acceptors (Lipinski definition) is 2. The van der Waals surface area contributed by atoms with Crippen LogP contribution in [0.5, 0.6) is 0 Å². The van der Waals surface area contributed by atoms with Gasteiger partial charge in [0.15, 0.2) is 0 Å². The summed E-state index contributed by atoms with van der Waals surface area (Å²) >= 11 is 13.0. The van der Waals surface area contributed by atoms with Crippen molar-refractivity contribution in [2.75, 3.05) is 6.26 Å². The van der Waals surface area contributed by atoms with Gasteiger partial charge in [0.2, 0.25) is 0 Å². The summed E-state index contributed by atoms with van der Waals surface area (Å²) in [5.74, 6) is 0.578. The molecule has 0 fully saturated rings. The summed E-state index contributed by atoms with van der Waals surface area (Å²) in [6.45, 7) is 0. The molecule has 0 aliphatic rings. The molecular weight excluding hydrogens is 300 g/mol. The number of thiophene rings is 1. The van der Waals surface area contributed by atoms with Gasteiger partial charge in [0.1, 0.15) is 0 Å². The van der Waals surface area contributed by atoms with Crippen LogP contribution in [0.25, 0.3) is 10.1 Å². The molecule has 74 valence electrons. The van der Waals surface area contributed by atoms with E-state index in [4.69, 9.17) is 11.6 Å². The van der Waals surface area contributed by atoms with Crippen LogP contribution in [0.4, 0.5) is 0 Å². The molecule has 0 aliphatic carbocycles. The first-order valence-corrected chi connectivity index (χ1v) is 7.44. The van der Waals surface area contributed by atoms with Gasteiger partial charge in [-0.1, -0.05) is 6.07 Å². The van der Waals surface area contributed by atoms with Crippen LogP contribution in [0, 0.1) is 0 Å². The quantitative estimate of drug-likeness (QED) is 0.548. The molecule has 0 radical (unpaired) electrons. The number of thioether (sulfide) groups is 1. The maximum absolute atomic E-state index is 5.89. The van der Waals surface area contributed by atoms with Crippen molar-refractivity contribution in [2.45, 2.75) is 10.1 Å². The van der Waals surface area contributed by atoms with E-state index in [0.29, 0.717) is 5.88 Å². The van der Waals surface area contributed by atoms with E-state index in [9.17, 15) is 0 Å². The molecule has 0 spiro atoms. The second-order valence-electron chi connectivity index (χ2n) is 2.85. The van der Waals surface area contributed by atoms with E-state index in [2.05, 4.69) is 40.4 Å². The molecule has 0 amide bonds. The van der Waals surface area contributed by atoms with Crippen molar-refractivity contribution in [3.63, 3.8) is 0 Å². The molecule has 1 aromatic carbocycles. The van der Waals surface area contributed by atoms with Crippen molar-refractivity contribution in [1.29, 1.82) is 0 Å². The zero-order valence-corrected chi connectivity index (χ0v) is 11.5. The van der Waals surface area contributed by atoms with E-state index >= 15 is 0 Å². The Morgan fingerprint density at radius 1 is 1.50 bits per heavy atom. The molecule has 0 N–H and O–H groups in total. The highest BCUT2D eigenvalue weighted by Crippen LogP contribution is 2.38. The first kappa shape index (κ1) is 10.8. The van der Waals surface area contributed by atoms with Gasteiger partial charge < -0.3 is 0 Å². The highest BCUT2D eigenvalue weighted by Gasteiger charge is 2.08. The van der Waals surface area contributed by atoms with E-state index in [1.165, 1.54) is 19.9 Å². The Labute approximate surface area is 105 Å². The number of alkyl halides is 1. The van der Waals surface area contributed by atoms with Crippen LogP contribution in [0.3, 0.4) is 0 Å². The molecule has 0 bridgehead atoms. The summed E-state index contributed by atoms with van der Waals surface area (Å²) in [7, 11) is 0. The maximum Gasteiger partial charge on any atom is 0.0608 e. The fourth-order valence-corrected chi connectivity index (χ4v) is 3.82. The number of hydrogen-bond donors (Lipinski definition) is 0. The number of rotatable bonds is 2. The standard InChI is InChI=1S/C10H8BrClS2/c1-13-9-4-7-6(5-12)2-3-8(11)10(7)14-9/h2-4H,5H2,1H3. The third-order valence-corrected chi connectivity index (χ3v) is 5.49. The van der Waals surface area contributed by atoms with Crippen LogP contribution in [-0.4, -0.2) is 6.26 Å². The van der Waals surface area contributed by atoms with Crippen LogP contribution < -0.4 is 0 Å². The van der Waals surface area contributed by atoms with Gasteiger partial charge in [-0.15, -0.1) is 34.7 Å². The van der Waals surface area contributed by atoms with Gasteiger partial charge in [-0.2, -0.15) is 0 Å². The van der Waals surface area contributed by atoms with Gasteiger partial charge in [0.25, 0.3) is 0 Å². The summed E-state index contributed by atoms with van der Waals surface area (Å²) in [6, 6.07) is 6.37. The molecule has 0 nitrogen and oxygen atoms in total. The second-order valence-corrected chi connectivity index (χ2v) is 6.13. The lowest BCUT2D eigenvalue weighted by Crippen LogP contribution is -1.77. The van der Waals surface area contributed by atoms with E-state index in [1.807, 2.05) is 11.3 Å². The van der Waals surface area contributed by atoms with Crippen LogP contribution in [0.1, 0.15) is 5.56 Å². The third-order valence-electron chi connectivity index (χ3n) is 2.05. The minimum atomic E-state index is 0.578. The molecule has 4 heteroatoms. The first-order chi connectivity index (χ1) is 6.76. The van der Waals surface area contributed by atoms with Crippen LogP contribution >= 0.6 is 50.6 Å². The normalized spacial score (nSPS) is 11.1. The topological polar surface area (TPSA) is 0 Å². The fourth-order valence-electron chi connectivity index (χ4n) is 1.34. The second kappa shape index (κ2) is 4.44. The summed E-state index contributed by atoms with van der Waals surface area (Å²) < 4.78 is 3.79. The first-order valence-electron chi connectivity index (χ1n) is 4.07. The van der Waals surface area contributed by atoms with Gasteiger partial charge in [-0.25, -0.2) is 0 Å². The Bertz CT molecular complexity index is 464. The number of fused-ring (bicyclic) bond motifs is 1. The van der Waals surface area contributed by atoms with Gasteiger partial charge in [-0.05, 0) is 45.3 Å². The Morgan fingerprint density at radius 2 is 2.29 bits per heavy atom. The largest absolute Gasteiger partial charge is 0.128 e. The molecule has 2 rings (SSSR count). The summed E-state index contributed by atoms with van der Waals surface area (Å²) in [6.07, 6.45) is 2.10. The smallest absolute Gasteiger partial charge is 0.0608 e. The van der Waals surface area contributed by atoms with Crippen molar-refractivity contribution in [1.82, 2.24) is 0 Å². The van der Waals surface area contributed by atoms with Gasteiger partial charge >= 0.3 is 0 Å². The summed E-state index contributed by atoms with van der Waals surface area (Å²) in [5, 5.41) is 1.28. The lowest BCUT2D eigenvalue weighted by atomic mass is 10.1. The van der Waals surface area contributed by atoms with Crippen molar-refractivity contribution in [2.24, 2.45) is 0 Å². The Kier molecular flexibility index (Phi) is 3.42. The fraction of sp³-hybridized carbons (Fsp3) is 0.200. The van der Waals surface area contributed by atoms with E-state index in [0.717, 1.165) is 4.47 Å². The van der Waals surface area contributed by atoms with Crippen LogP contribution in [-0.2, 0) is 5.88 Å². The minimum Gasteiger partial charge on any atom is -0.128 e. The molecular formula is C10H8BrClS2. The van der Waals surface area contributed by atoms with E-state index in [1.54, 1.807) is 11.8 Å². The maximum atomic E-state index is 5.89. The van der Waals surface area contributed by atoms with Crippen molar-refractivity contribution < 1.29 is 0 Å². The zero-order valence-electron chi connectivity index (χ0n) is 7.51. The molecule has 2 aromatic rings. The molecule has 0 aliphatic heterocycles. The summed E-state index contributed by atoms with van der Waals surface area (Å²) in [5.41, 5.74) is 1.21. The number of halogens is 2. The van der Waals surface area contributed by atoms with Crippen LogP contribution in [0.15, 0.2) is 26.9 Å². The highest BCUT2D eigenvalue weighted by molar-refractivity contribution is 9.10. The molecule has 0 saturated heterocycles. The number of benzene rings is 1. The zero-order chi connectivity index (χ0) is 10.1. The molecule has 0 atom stereocenters. The van der Waals surface area contributed by atoms with Crippen molar-refractivity contribution >= 4 is 60.7 Å². The average molecular weight is 308 g/mol. The van der Waals surface area contributed by atoms with Crippen LogP contribution in [0.2, 0.25) is 0 Å².